The minimum Gasteiger partial charge on any atom is -0.454 e. The van der Waals surface area contributed by atoms with E-state index in [1.165, 1.54) is 4.57 Å². The lowest BCUT2D eigenvalue weighted by molar-refractivity contribution is -0.116. The first kappa shape index (κ1) is 19.2. The normalized spacial score (nSPS) is 12.3. The molecule has 1 amide bonds. The maximum Gasteiger partial charge on any atom is 0.273 e. The Morgan fingerprint density at radius 3 is 2.81 bits per heavy atom. The zero-order valence-corrected chi connectivity index (χ0v) is 17.3. The van der Waals surface area contributed by atoms with Crippen molar-refractivity contribution in [2.24, 2.45) is 0 Å². The number of anilines is 1. The molecule has 1 aliphatic heterocycles. The van der Waals surface area contributed by atoms with E-state index in [1.54, 1.807) is 30.6 Å². The molecule has 0 radical (unpaired) electrons. The van der Waals surface area contributed by atoms with Gasteiger partial charge in [-0.25, -0.2) is 4.98 Å². The van der Waals surface area contributed by atoms with Crippen LogP contribution in [0.4, 0.5) is 5.69 Å². The summed E-state index contributed by atoms with van der Waals surface area (Å²) in [6.45, 7) is 1.90. The van der Waals surface area contributed by atoms with Gasteiger partial charge in [-0.05, 0) is 35.8 Å². The van der Waals surface area contributed by atoms with Crippen molar-refractivity contribution in [1.82, 2.24) is 18.9 Å². The number of aryl methyl sites for hydroxylation is 1. The summed E-state index contributed by atoms with van der Waals surface area (Å²) in [6, 6.07) is 8.79. The molecule has 0 unspecified atom stereocenters. The fraction of sp³-hybridized carbons (Fsp3) is 0.190. The largest absolute Gasteiger partial charge is 0.454 e. The fourth-order valence-electron chi connectivity index (χ4n) is 3.41. The number of pyridine rings is 1. The lowest BCUT2D eigenvalue weighted by atomic mass is 10.2. The van der Waals surface area contributed by atoms with E-state index in [0.29, 0.717) is 45.3 Å². The Morgan fingerprint density at radius 2 is 2.00 bits per heavy atom. The van der Waals surface area contributed by atoms with E-state index < -0.39 is 0 Å². The quantitative estimate of drug-likeness (QED) is 0.513. The van der Waals surface area contributed by atoms with Crippen molar-refractivity contribution in [2.75, 3.05) is 12.1 Å². The lowest BCUT2D eigenvalue weighted by Gasteiger charge is -2.12. The third kappa shape index (κ3) is 3.50. The summed E-state index contributed by atoms with van der Waals surface area (Å²) in [5.41, 5.74) is 2.32. The first-order valence-corrected chi connectivity index (χ1v) is 10.4. The molecular weight excluding hydrogens is 418 g/mol. The standard InChI is InChI=1S/C21H17N5O4S/c1-2-16-24-19-18(12-5-7-22-8-6-12)25-31-20(19)21(28)26(16)10-17(27)23-13-3-4-14-15(9-13)30-11-29-14/h3-9H,2,10-11H2,1H3,(H,23,27). The number of rotatable bonds is 5. The van der Waals surface area contributed by atoms with Crippen molar-refractivity contribution in [3.63, 3.8) is 0 Å². The van der Waals surface area contributed by atoms with Gasteiger partial charge in [0.2, 0.25) is 12.7 Å². The average Bonchev–Trinajstić information content (AvgIpc) is 3.42. The van der Waals surface area contributed by atoms with Crippen LogP contribution in [-0.4, -0.2) is 31.6 Å². The first-order chi connectivity index (χ1) is 15.1. The molecule has 1 aromatic carbocycles. The van der Waals surface area contributed by atoms with E-state index in [1.807, 2.05) is 19.1 Å². The number of nitrogens with zero attached hydrogens (tertiary/aromatic N) is 4. The lowest BCUT2D eigenvalue weighted by Crippen LogP contribution is -2.30. The van der Waals surface area contributed by atoms with Gasteiger partial charge in [-0.15, -0.1) is 0 Å². The highest BCUT2D eigenvalue weighted by Gasteiger charge is 2.19. The topological polar surface area (TPSA) is 108 Å². The number of hydrogen-bond acceptors (Lipinski definition) is 8. The second-order valence-electron chi connectivity index (χ2n) is 6.83. The maximum absolute atomic E-state index is 13.2. The van der Waals surface area contributed by atoms with Gasteiger partial charge in [-0.3, -0.25) is 19.1 Å². The minimum atomic E-state index is -0.337. The first-order valence-electron chi connectivity index (χ1n) is 9.63. The monoisotopic (exact) mass is 435 g/mol. The van der Waals surface area contributed by atoms with Gasteiger partial charge in [0.1, 0.15) is 28.3 Å². The van der Waals surface area contributed by atoms with Crippen molar-refractivity contribution in [1.29, 1.82) is 0 Å². The van der Waals surface area contributed by atoms with E-state index in [9.17, 15) is 9.59 Å². The molecule has 4 aromatic rings. The van der Waals surface area contributed by atoms with Crippen molar-refractivity contribution >= 4 is 33.3 Å². The summed E-state index contributed by atoms with van der Waals surface area (Å²) in [7, 11) is 0. The van der Waals surface area contributed by atoms with Gasteiger partial charge in [-0.1, -0.05) is 6.92 Å². The molecule has 0 atom stereocenters. The predicted octanol–water partition coefficient (Wildman–Crippen LogP) is 2.84. The number of fused-ring (bicyclic) bond motifs is 2. The Labute approximate surface area is 180 Å². The van der Waals surface area contributed by atoms with Crippen LogP contribution in [0.5, 0.6) is 11.5 Å². The average molecular weight is 435 g/mol. The van der Waals surface area contributed by atoms with E-state index >= 15 is 0 Å². The Kier molecular flexibility index (Phi) is 4.83. The second kappa shape index (κ2) is 7.80. The molecule has 1 aliphatic rings. The fourth-order valence-corrected chi connectivity index (χ4v) is 4.20. The molecule has 0 spiro atoms. The molecule has 31 heavy (non-hydrogen) atoms. The Bertz CT molecular complexity index is 1350. The van der Waals surface area contributed by atoms with Crippen molar-refractivity contribution in [2.45, 2.75) is 19.9 Å². The summed E-state index contributed by atoms with van der Waals surface area (Å²) < 4.78 is 16.9. The summed E-state index contributed by atoms with van der Waals surface area (Å²) in [6.07, 6.45) is 3.83. The van der Waals surface area contributed by atoms with E-state index in [4.69, 9.17) is 9.47 Å². The smallest absolute Gasteiger partial charge is 0.273 e. The Morgan fingerprint density at radius 1 is 1.19 bits per heavy atom. The molecular formula is C21H17N5O4S. The minimum absolute atomic E-state index is 0.151. The van der Waals surface area contributed by atoms with Crippen LogP contribution >= 0.6 is 11.5 Å². The molecule has 0 aliphatic carbocycles. The maximum atomic E-state index is 13.2. The van der Waals surface area contributed by atoms with Crippen molar-refractivity contribution in [3.8, 4) is 22.8 Å². The van der Waals surface area contributed by atoms with Gasteiger partial charge >= 0.3 is 0 Å². The van der Waals surface area contributed by atoms with Crippen LogP contribution in [0.15, 0.2) is 47.5 Å². The predicted molar refractivity (Wildman–Crippen MR) is 115 cm³/mol. The van der Waals surface area contributed by atoms with Gasteiger partial charge in [0, 0.05) is 36.1 Å². The summed E-state index contributed by atoms with van der Waals surface area (Å²) in [5.74, 6) is 1.39. The van der Waals surface area contributed by atoms with Crippen LogP contribution in [0.3, 0.4) is 0 Å². The van der Waals surface area contributed by atoms with Crippen LogP contribution < -0.4 is 20.3 Å². The molecule has 0 saturated carbocycles. The van der Waals surface area contributed by atoms with Gasteiger partial charge in [-0.2, -0.15) is 4.37 Å². The third-order valence-electron chi connectivity index (χ3n) is 4.89. The highest BCUT2D eigenvalue weighted by molar-refractivity contribution is 7.13. The molecule has 0 bridgehead atoms. The molecule has 1 N–H and O–H groups in total. The summed E-state index contributed by atoms with van der Waals surface area (Å²) in [4.78, 5) is 34.5. The van der Waals surface area contributed by atoms with Gasteiger partial charge in [0.25, 0.3) is 5.56 Å². The molecule has 0 fully saturated rings. The van der Waals surface area contributed by atoms with Crippen LogP contribution in [0.1, 0.15) is 12.7 Å². The zero-order chi connectivity index (χ0) is 21.4. The highest BCUT2D eigenvalue weighted by atomic mass is 32.1. The molecule has 10 heteroatoms. The number of hydrogen-bond donors (Lipinski definition) is 1. The molecule has 9 nitrogen and oxygen atoms in total. The van der Waals surface area contributed by atoms with Gasteiger partial charge in [0.15, 0.2) is 11.5 Å². The number of carbonyl (C=O) groups is 1. The van der Waals surface area contributed by atoms with Crippen LogP contribution in [0, 0.1) is 0 Å². The Hall–Kier alpha value is -3.79. The third-order valence-corrected chi connectivity index (χ3v) is 5.71. The van der Waals surface area contributed by atoms with Crippen LogP contribution in [0.25, 0.3) is 21.5 Å². The number of ether oxygens (including phenoxy) is 2. The number of carbonyl (C=O) groups excluding carboxylic acids is 1. The van der Waals surface area contributed by atoms with Crippen LogP contribution in [0.2, 0.25) is 0 Å². The molecule has 5 rings (SSSR count). The SMILES string of the molecule is CCc1nc2c(-c3ccncc3)nsc2c(=O)n1CC(=O)Nc1ccc2c(c1)OCO2. The van der Waals surface area contributed by atoms with Crippen molar-refractivity contribution < 1.29 is 14.3 Å². The van der Waals surface area contributed by atoms with Crippen molar-refractivity contribution in [3.05, 3.63) is 58.9 Å². The van der Waals surface area contributed by atoms with E-state index in [0.717, 1.165) is 17.1 Å². The molecule has 156 valence electrons. The van der Waals surface area contributed by atoms with Gasteiger partial charge < -0.3 is 14.8 Å². The number of nitrogens with one attached hydrogen (secondary N) is 1. The molecule has 4 heterocycles. The molecule has 0 saturated heterocycles. The Balaban J connectivity index is 1.46. The molecule has 3 aromatic heterocycles. The second-order valence-corrected chi connectivity index (χ2v) is 7.61. The number of benzene rings is 1. The van der Waals surface area contributed by atoms with Crippen LogP contribution in [-0.2, 0) is 17.8 Å². The zero-order valence-electron chi connectivity index (χ0n) is 16.5. The number of aromatic nitrogens is 4. The number of amides is 1. The summed E-state index contributed by atoms with van der Waals surface area (Å²) in [5, 5.41) is 2.80. The highest BCUT2D eigenvalue weighted by Crippen LogP contribution is 2.34. The van der Waals surface area contributed by atoms with E-state index in [-0.39, 0.29) is 24.8 Å². The summed E-state index contributed by atoms with van der Waals surface area (Å²) >= 11 is 1.08. The van der Waals surface area contributed by atoms with E-state index in [2.05, 4.69) is 19.7 Å². The van der Waals surface area contributed by atoms with Gasteiger partial charge in [0.05, 0.1) is 0 Å².